The quantitative estimate of drug-likeness (QED) is 0.874. The second kappa shape index (κ2) is 5.86. The summed E-state index contributed by atoms with van der Waals surface area (Å²) in [6, 6.07) is 1.75. The molecule has 1 aliphatic heterocycles. The third-order valence-electron chi connectivity index (χ3n) is 4.21. The fourth-order valence-electron chi connectivity index (χ4n) is 2.88. The van der Waals surface area contributed by atoms with Crippen molar-refractivity contribution in [3.63, 3.8) is 0 Å². The fourth-order valence-corrected chi connectivity index (χ4v) is 2.88. The lowest BCUT2D eigenvalue weighted by Crippen LogP contribution is -2.55. The monoisotopic (exact) mass is 332 g/mol. The van der Waals surface area contributed by atoms with Crippen molar-refractivity contribution in [1.82, 2.24) is 20.1 Å². The molecule has 0 saturated carbocycles. The molecule has 1 amide bonds. The van der Waals surface area contributed by atoms with Crippen LogP contribution < -0.4 is 5.32 Å². The van der Waals surface area contributed by atoms with Crippen molar-refractivity contribution in [2.45, 2.75) is 38.8 Å². The number of carbonyl (C=O) groups excluding carboxylic acids is 1. The first-order valence-electron chi connectivity index (χ1n) is 7.82. The highest BCUT2D eigenvalue weighted by atomic mass is 16.5. The van der Waals surface area contributed by atoms with Crippen LogP contribution in [-0.4, -0.2) is 50.5 Å². The van der Waals surface area contributed by atoms with Crippen LogP contribution in [0.4, 0.5) is 0 Å². The summed E-state index contributed by atoms with van der Waals surface area (Å²) in [6.07, 6.45) is 1.84. The standard InChI is InChI=1S/C16H20N4O4/c1-9(2)20-13-12(7-17-20)11(6-10(3)18-13)14(21)19-16(15(22)23)4-5-24-8-16/h6-7,9H,4-5,8H2,1-3H3,(H,19,21)(H,22,23). The predicted octanol–water partition coefficient (Wildman–Crippen LogP) is 1.29. The Labute approximate surface area is 138 Å². The van der Waals surface area contributed by atoms with Crippen LogP contribution in [0.5, 0.6) is 0 Å². The molecule has 2 N–H and O–H groups in total. The molecule has 0 radical (unpaired) electrons. The van der Waals surface area contributed by atoms with Crippen molar-refractivity contribution in [3.05, 3.63) is 23.5 Å². The molecule has 0 aromatic carbocycles. The molecule has 1 unspecified atom stereocenters. The van der Waals surface area contributed by atoms with Crippen molar-refractivity contribution < 1.29 is 19.4 Å². The molecule has 3 heterocycles. The number of carboxylic acids is 1. The minimum Gasteiger partial charge on any atom is -0.479 e. The third-order valence-corrected chi connectivity index (χ3v) is 4.21. The van der Waals surface area contributed by atoms with Crippen LogP contribution in [0, 0.1) is 6.92 Å². The molecular weight excluding hydrogens is 312 g/mol. The highest BCUT2D eigenvalue weighted by Gasteiger charge is 2.44. The molecule has 0 aliphatic carbocycles. The lowest BCUT2D eigenvalue weighted by atomic mass is 9.98. The number of aromatic nitrogens is 3. The van der Waals surface area contributed by atoms with Gasteiger partial charge in [-0.25, -0.2) is 14.5 Å². The molecule has 2 aromatic heterocycles. The summed E-state index contributed by atoms with van der Waals surface area (Å²) in [5.41, 5.74) is 0.274. The van der Waals surface area contributed by atoms with E-state index >= 15 is 0 Å². The number of nitrogens with zero attached hydrogens (tertiary/aromatic N) is 3. The summed E-state index contributed by atoms with van der Waals surface area (Å²) in [6.45, 7) is 6.02. The average Bonchev–Trinajstić information content (AvgIpc) is 3.13. The van der Waals surface area contributed by atoms with E-state index in [1.54, 1.807) is 23.9 Å². The molecule has 0 bridgehead atoms. The molecule has 8 nitrogen and oxygen atoms in total. The van der Waals surface area contributed by atoms with Gasteiger partial charge >= 0.3 is 5.97 Å². The summed E-state index contributed by atoms with van der Waals surface area (Å²) in [5, 5.41) is 17.0. The van der Waals surface area contributed by atoms with Gasteiger partial charge < -0.3 is 15.2 Å². The van der Waals surface area contributed by atoms with Crippen LogP contribution in [0.1, 0.15) is 42.4 Å². The number of nitrogens with one attached hydrogen (secondary N) is 1. The lowest BCUT2D eigenvalue weighted by Gasteiger charge is -2.23. The van der Waals surface area contributed by atoms with Gasteiger partial charge in [0.25, 0.3) is 5.91 Å². The van der Waals surface area contributed by atoms with Gasteiger partial charge in [-0.2, -0.15) is 5.10 Å². The van der Waals surface area contributed by atoms with Gasteiger partial charge in [0.1, 0.15) is 0 Å². The van der Waals surface area contributed by atoms with E-state index in [2.05, 4.69) is 15.4 Å². The first kappa shape index (κ1) is 16.4. The SMILES string of the molecule is Cc1cc(C(=O)NC2(C(=O)O)CCOC2)c2cnn(C(C)C)c2n1. The van der Waals surface area contributed by atoms with Crippen molar-refractivity contribution in [2.24, 2.45) is 0 Å². The van der Waals surface area contributed by atoms with E-state index in [0.29, 0.717) is 28.9 Å². The number of carboxylic acid groups (broad SMARTS) is 1. The van der Waals surface area contributed by atoms with Crippen LogP contribution >= 0.6 is 0 Å². The maximum atomic E-state index is 12.8. The number of hydrogen-bond donors (Lipinski definition) is 2. The number of pyridine rings is 1. The second-order valence-electron chi connectivity index (χ2n) is 6.38. The smallest absolute Gasteiger partial charge is 0.331 e. The van der Waals surface area contributed by atoms with E-state index in [4.69, 9.17) is 4.74 Å². The van der Waals surface area contributed by atoms with Gasteiger partial charge in [0.05, 0.1) is 23.8 Å². The summed E-state index contributed by atoms with van der Waals surface area (Å²) in [4.78, 5) is 28.8. The maximum absolute atomic E-state index is 12.8. The van der Waals surface area contributed by atoms with E-state index in [-0.39, 0.29) is 19.1 Å². The summed E-state index contributed by atoms with van der Waals surface area (Å²) in [5.74, 6) is -1.55. The van der Waals surface area contributed by atoms with Gasteiger partial charge in [0.15, 0.2) is 11.2 Å². The molecule has 0 spiro atoms. The van der Waals surface area contributed by atoms with Crippen LogP contribution in [0.15, 0.2) is 12.3 Å². The summed E-state index contributed by atoms with van der Waals surface area (Å²) in [7, 11) is 0. The number of fused-ring (bicyclic) bond motifs is 1. The van der Waals surface area contributed by atoms with Crippen LogP contribution in [0.25, 0.3) is 11.0 Å². The molecule has 1 saturated heterocycles. The minimum absolute atomic E-state index is 0.0352. The zero-order chi connectivity index (χ0) is 17.5. The van der Waals surface area contributed by atoms with E-state index in [0.717, 1.165) is 0 Å². The van der Waals surface area contributed by atoms with Crippen molar-refractivity contribution in [2.75, 3.05) is 13.2 Å². The molecule has 24 heavy (non-hydrogen) atoms. The number of carbonyl (C=O) groups is 2. The number of aliphatic carboxylic acids is 1. The zero-order valence-electron chi connectivity index (χ0n) is 13.9. The summed E-state index contributed by atoms with van der Waals surface area (Å²) < 4.78 is 6.92. The van der Waals surface area contributed by atoms with Gasteiger partial charge in [0.2, 0.25) is 0 Å². The Morgan fingerprint density at radius 3 is 2.79 bits per heavy atom. The Kier molecular flexibility index (Phi) is 4.00. The number of hydrogen-bond acceptors (Lipinski definition) is 5. The molecule has 128 valence electrons. The van der Waals surface area contributed by atoms with Crippen molar-refractivity contribution in [1.29, 1.82) is 0 Å². The van der Waals surface area contributed by atoms with Gasteiger partial charge in [-0.05, 0) is 26.8 Å². The Bertz CT molecular complexity index is 806. The van der Waals surface area contributed by atoms with Crippen LogP contribution in [0.3, 0.4) is 0 Å². The van der Waals surface area contributed by atoms with Crippen LogP contribution in [-0.2, 0) is 9.53 Å². The van der Waals surface area contributed by atoms with E-state index < -0.39 is 17.4 Å². The molecular formula is C16H20N4O4. The second-order valence-corrected chi connectivity index (χ2v) is 6.38. The normalized spacial score (nSPS) is 20.7. The molecule has 1 aliphatic rings. The minimum atomic E-state index is -1.38. The van der Waals surface area contributed by atoms with Gasteiger partial charge in [-0.3, -0.25) is 4.79 Å². The van der Waals surface area contributed by atoms with Crippen molar-refractivity contribution in [3.8, 4) is 0 Å². The Balaban J connectivity index is 2.02. The highest BCUT2D eigenvalue weighted by Crippen LogP contribution is 2.24. The van der Waals surface area contributed by atoms with E-state index in [9.17, 15) is 14.7 Å². The number of rotatable bonds is 4. The largest absolute Gasteiger partial charge is 0.479 e. The number of amides is 1. The lowest BCUT2D eigenvalue weighted by molar-refractivity contribution is -0.144. The molecule has 2 aromatic rings. The molecule has 1 atom stereocenters. The van der Waals surface area contributed by atoms with Gasteiger partial charge in [-0.15, -0.1) is 0 Å². The van der Waals surface area contributed by atoms with Gasteiger partial charge in [0, 0.05) is 24.8 Å². The first-order valence-corrected chi connectivity index (χ1v) is 7.82. The molecule has 3 rings (SSSR count). The average molecular weight is 332 g/mol. The highest BCUT2D eigenvalue weighted by molar-refractivity contribution is 6.07. The number of aryl methyl sites for hydroxylation is 1. The Morgan fingerprint density at radius 2 is 2.21 bits per heavy atom. The first-order chi connectivity index (χ1) is 11.3. The summed E-state index contributed by atoms with van der Waals surface area (Å²) >= 11 is 0. The Hall–Kier alpha value is -2.48. The molecule has 1 fully saturated rings. The zero-order valence-corrected chi connectivity index (χ0v) is 13.9. The molecule has 8 heteroatoms. The Morgan fingerprint density at radius 1 is 1.46 bits per heavy atom. The van der Waals surface area contributed by atoms with Crippen molar-refractivity contribution >= 4 is 22.9 Å². The van der Waals surface area contributed by atoms with E-state index in [1.165, 1.54) is 0 Å². The number of ether oxygens (including phenoxy) is 1. The topological polar surface area (TPSA) is 106 Å². The third kappa shape index (κ3) is 2.62. The maximum Gasteiger partial charge on any atom is 0.331 e. The van der Waals surface area contributed by atoms with Gasteiger partial charge in [-0.1, -0.05) is 0 Å². The van der Waals surface area contributed by atoms with Crippen LogP contribution in [0.2, 0.25) is 0 Å². The fraction of sp³-hybridized carbons (Fsp3) is 0.500. The predicted molar refractivity (Wildman–Crippen MR) is 85.9 cm³/mol. The van der Waals surface area contributed by atoms with E-state index in [1.807, 2.05) is 13.8 Å².